The molecule has 6 heteroatoms. The van der Waals surface area contributed by atoms with Gasteiger partial charge in [-0.1, -0.05) is 17.3 Å². The molecule has 0 spiro atoms. The summed E-state index contributed by atoms with van der Waals surface area (Å²) < 4.78 is 24.0. The third-order valence-corrected chi connectivity index (χ3v) is 3.29. The Balaban J connectivity index is 1.70. The largest absolute Gasteiger partial charge is 0.367 e. The van der Waals surface area contributed by atoms with Crippen molar-refractivity contribution in [3.63, 3.8) is 0 Å². The molecule has 2 heterocycles. The van der Waals surface area contributed by atoms with Gasteiger partial charge in [0.05, 0.1) is 13.0 Å². The van der Waals surface area contributed by atoms with Gasteiger partial charge in [0.1, 0.15) is 11.9 Å². The van der Waals surface area contributed by atoms with Crippen LogP contribution >= 0.6 is 0 Å². The zero-order valence-electron chi connectivity index (χ0n) is 11.3. The van der Waals surface area contributed by atoms with Crippen LogP contribution in [0, 0.1) is 5.82 Å². The standard InChI is InChI=1S/C14H16FN3O2/c1-18-5-6-19-12(9-18)14-16-13(20-17-14)8-10-3-2-4-11(15)7-10/h2-4,7,12H,5-6,8-9H2,1H3/t12-/m1/s1. The van der Waals surface area contributed by atoms with Crippen LogP contribution in [0.4, 0.5) is 4.39 Å². The molecule has 5 nitrogen and oxygen atoms in total. The molecule has 20 heavy (non-hydrogen) atoms. The number of benzene rings is 1. The molecular formula is C14H16FN3O2. The first kappa shape index (κ1) is 13.2. The van der Waals surface area contributed by atoms with E-state index in [1.807, 2.05) is 13.1 Å². The van der Waals surface area contributed by atoms with Crippen molar-refractivity contribution in [1.29, 1.82) is 0 Å². The average molecular weight is 277 g/mol. The van der Waals surface area contributed by atoms with Crippen molar-refractivity contribution in [2.24, 2.45) is 0 Å². The molecule has 1 aromatic heterocycles. The quantitative estimate of drug-likeness (QED) is 0.856. The molecule has 2 aromatic rings. The fraction of sp³-hybridized carbons (Fsp3) is 0.429. The van der Waals surface area contributed by atoms with Crippen LogP contribution in [0.2, 0.25) is 0 Å². The van der Waals surface area contributed by atoms with Crippen LogP contribution in [0.3, 0.4) is 0 Å². The highest BCUT2D eigenvalue weighted by Crippen LogP contribution is 2.19. The number of rotatable bonds is 3. The van der Waals surface area contributed by atoms with Gasteiger partial charge in [-0.2, -0.15) is 4.98 Å². The molecule has 1 fully saturated rings. The second kappa shape index (κ2) is 5.68. The Bertz CT molecular complexity index is 587. The maximum atomic E-state index is 13.1. The molecule has 0 saturated carbocycles. The van der Waals surface area contributed by atoms with Crippen LogP contribution < -0.4 is 0 Å². The van der Waals surface area contributed by atoms with E-state index in [2.05, 4.69) is 15.0 Å². The summed E-state index contributed by atoms with van der Waals surface area (Å²) in [6.07, 6.45) is 0.270. The Hall–Kier alpha value is -1.79. The first-order valence-corrected chi connectivity index (χ1v) is 6.58. The highest BCUT2D eigenvalue weighted by molar-refractivity contribution is 5.19. The van der Waals surface area contributed by atoms with E-state index >= 15 is 0 Å². The number of halogens is 1. The first-order chi connectivity index (χ1) is 9.70. The van der Waals surface area contributed by atoms with Crippen LogP contribution in [0.25, 0.3) is 0 Å². The summed E-state index contributed by atoms with van der Waals surface area (Å²) in [4.78, 5) is 6.50. The number of aromatic nitrogens is 2. The van der Waals surface area contributed by atoms with E-state index in [-0.39, 0.29) is 11.9 Å². The van der Waals surface area contributed by atoms with Crippen molar-refractivity contribution >= 4 is 0 Å². The van der Waals surface area contributed by atoms with Crippen LogP contribution in [0.15, 0.2) is 28.8 Å². The van der Waals surface area contributed by atoms with Gasteiger partial charge in [0, 0.05) is 13.1 Å². The lowest BCUT2D eigenvalue weighted by atomic mass is 10.1. The lowest BCUT2D eigenvalue weighted by Crippen LogP contribution is -2.35. The summed E-state index contributed by atoms with van der Waals surface area (Å²) in [6.45, 7) is 2.32. The number of nitrogens with zero attached hydrogens (tertiary/aromatic N) is 3. The van der Waals surface area contributed by atoms with E-state index in [0.29, 0.717) is 24.7 Å². The molecular weight excluding hydrogens is 261 g/mol. The molecule has 1 aromatic carbocycles. The van der Waals surface area contributed by atoms with Gasteiger partial charge in [-0.05, 0) is 24.7 Å². The highest BCUT2D eigenvalue weighted by Gasteiger charge is 2.24. The number of hydrogen-bond donors (Lipinski definition) is 0. The molecule has 106 valence electrons. The lowest BCUT2D eigenvalue weighted by molar-refractivity contribution is -0.0264. The first-order valence-electron chi connectivity index (χ1n) is 6.58. The van der Waals surface area contributed by atoms with Gasteiger partial charge in [0.25, 0.3) is 0 Å². The minimum absolute atomic E-state index is 0.154. The summed E-state index contributed by atoms with van der Waals surface area (Å²) >= 11 is 0. The summed E-state index contributed by atoms with van der Waals surface area (Å²) in [5, 5.41) is 3.96. The summed E-state index contributed by atoms with van der Waals surface area (Å²) in [5.41, 5.74) is 0.807. The van der Waals surface area contributed by atoms with Gasteiger partial charge < -0.3 is 14.2 Å². The van der Waals surface area contributed by atoms with Gasteiger partial charge in [0.15, 0.2) is 0 Å². The van der Waals surface area contributed by atoms with Crippen molar-refractivity contribution in [2.75, 3.05) is 26.7 Å². The van der Waals surface area contributed by atoms with Crippen LogP contribution in [0.5, 0.6) is 0 Å². The molecule has 1 saturated heterocycles. The maximum Gasteiger partial charge on any atom is 0.231 e. The molecule has 1 atom stereocenters. The third kappa shape index (κ3) is 3.02. The van der Waals surface area contributed by atoms with E-state index in [0.717, 1.165) is 18.7 Å². The minimum atomic E-state index is -0.264. The van der Waals surface area contributed by atoms with Crippen LogP contribution in [0.1, 0.15) is 23.4 Å². The molecule has 0 aliphatic carbocycles. The Kier molecular flexibility index (Phi) is 3.75. The van der Waals surface area contributed by atoms with Gasteiger partial charge in [0.2, 0.25) is 11.7 Å². The second-order valence-corrected chi connectivity index (χ2v) is 4.97. The fourth-order valence-corrected chi connectivity index (χ4v) is 2.23. The number of ether oxygens (including phenoxy) is 1. The smallest absolute Gasteiger partial charge is 0.231 e. The Morgan fingerprint density at radius 1 is 1.45 bits per heavy atom. The van der Waals surface area contributed by atoms with E-state index in [9.17, 15) is 4.39 Å². The Morgan fingerprint density at radius 3 is 3.15 bits per heavy atom. The molecule has 0 amide bonds. The van der Waals surface area contributed by atoms with Gasteiger partial charge in [-0.25, -0.2) is 4.39 Å². The van der Waals surface area contributed by atoms with Crippen molar-refractivity contribution in [3.8, 4) is 0 Å². The molecule has 0 unspecified atom stereocenters. The molecule has 1 aliphatic heterocycles. The van der Waals surface area contributed by atoms with E-state index in [1.54, 1.807) is 6.07 Å². The zero-order chi connectivity index (χ0) is 13.9. The van der Waals surface area contributed by atoms with Crippen molar-refractivity contribution in [1.82, 2.24) is 15.0 Å². The topological polar surface area (TPSA) is 51.4 Å². The van der Waals surface area contributed by atoms with Crippen molar-refractivity contribution < 1.29 is 13.7 Å². The number of hydrogen-bond acceptors (Lipinski definition) is 5. The second-order valence-electron chi connectivity index (χ2n) is 4.97. The summed E-state index contributed by atoms with van der Waals surface area (Å²) in [6, 6.07) is 6.38. The van der Waals surface area contributed by atoms with Crippen molar-refractivity contribution in [3.05, 3.63) is 47.4 Å². The normalized spacial score (nSPS) is 20.2. The van der Waals surface area contributed by atoms with E-state index in [4.69, 9.17) is 9.26 Å². The summed E-state index contributed by atoms with van der Waals surface area (Å²) in [5.74, 6) is 0.768. The van der Waals surface area contributed by atoms with Gasteiger partial charge in [-0.3, -0.25) is 0 Å². The Morgan fingerprint density at radius 2 is 2.35 bits per heavy atom. The predicted octanol–water partition coefficient (Wildman–Crippen LogP) is 1.80. The predicted molar refractivity (Wildman–Crippen MR) is 69.7 cm³/mol. The summed E-state index contributed by atoms with van der Waals surface area (Å²) in [7, 11) is 2.03. The number of morpholine rings is 1. The fourth-order valence-electron chi connectivity index (χ4n) is 2.23. The maximum absolute atomic E-state index is 13.1. The monoisotopic (exact) mass is 277 g/mol. The zero-order valence-corrected chi connectivity index (χ0v) is 11.3. The minimum Gasteiger partial charge on any atom is -0.367 e. The number of likely N-dealkylation sites (N-methyl/N-ethyl adjacent to an activating group) is 1. The third-order valence-electron chi connectivity index (χ3n) is 3.29. The van der Waals surface area contributed by atoms with E-state index < -0.39 is 0 Å². The Labute approximate surface area is 116 Å². The molecule has 0 bridgehead atoms. The highest BCUT2D eigenvalue weighted by atomic mass is 19.1. The molecule has 3 rings (SSSR count). The van der Waals surface area contributed by atoms with Crippen molar-refractivity contribution in [2.45, 2.75) is 12.5 Å². The lowest BCUT2D eigenvalue weighted by Gasteiger charge is -2.27. The van der Waals surface area contributed by atoms with Gasteiger partial charge in [-0.15, -0.1) is 0 Å². The molecule has 0 N–H and O–H groups in total. The average Bonchev–Trinajstić information content (AvgIpc) is 2.87. The van der Waals surface area contributed by atoms with Crippen LogP contribution in [-0.2, 0) is 11.2 Å². The van der Waals surface area contributed by atoms with Crippen LogP contribution in [-0.4, -0.2) is 41.8 Å². The van der Waals surface area contributed by atoms with E-state index in [1.165, 1.54) is 12.1 Å². The van der Waals surface area contributed by atoms with Gasteiger partial charge >= 0.3 is 0 Å². The molecule has 0 radical (unpaired) electrons. The molecule has 1 aliphatic rings. The SMILES string of the molecule is CN1CCO[C@@H](c2noc(Cc3cccc(F)c3)n2)C1.